The molecular formula is C10H17N3OS. The van der Waals surface area contributed by atoms with Gasteiger partial charge in [-0.05, 0) is 6.42 Å². The molecule has 0 bridgehead atoms. The molecule has 1 rings (SSSR count). The summed E-state index contributed by atoms with van der Waals surface area (Å²) in [6.07, 6.45) is 0.835. The van der Waals surface area contributed by atoms with Crippen LogP contribution in [0.2, 0.25) is 0 Å². The maximum atomic E-state index is 11.6. The molecular weight excluding hydrogens is 210 g/mol. The highest BCUT2D eigenvalue weighted by molar-refractivity contribution is 7.15. The fraction of sp³-hybridized carbons (Fsp3) is 0.700. The third-order valence-corrected chi connectivity index (χ3v) is 3.36. The molecule has 0 saturated carbocycles. The minimum absolute atomic E-state index is 0.0176. The van der Waals surface area contributed by atoms with Crippen molar-refractivity contribution in [2.45, 2.75) is 40.0 Å². The molecule has 1 aromatic heterocycles. The number of hydrogen-bond acceptors (Lipinski definition) is 4. The lowest BCUT2D eigenvalue weighted by Gasteiger charge is -2.06. The lowest BCUT2D eigenvalue weighted by molar-refractivity contribution is -0.119. The first-order chi connectivity index (χ1) is 7.04. The number of amides is 1. The van der Waals surface area contributed by atoms with Crippen molar-refractivity contribution in [3.63, 3.8) is 0 Å². The SMILES string of the molecule is CC[C@@H](C)C(=O)Nc1nnc(C(C)C)s1. The van der Waals surface area contributed by atoms with E-state index >= 15 is 0 Å². The Labute approximate surface area is 94.1 Å². The summed E-state index contributed by atoms with van der Waals surface area (Å²) in [4.78, 5) is 11.6. The molecule has 5 heteroatoms. The molecule has 1 N–H and O–H groups in total. The van der Waals surface area contributed by atoms with Gasteiger partial charge in [-0.25, -0.2) is 0 Å². The second-order valence-corrected chi connectivity index (χ2v) is 4.91. The summed E-state index contributed by atoms with van der Waals surface area (Å²) in [6.45, 7) is 8.01. The van der Waals surface area contributed by atoms with Gasteiger partial charge in [0.1, 0.15) is 5.01 Å². The molecule has 0 aromatic carbocycles. The van der Waals surface area contributed by atoms with E-state index in [2.05, 4.69) is 29.4 Å². The Kier molecular flexibility index (Phi) is 4.20. The summed E-state index contributed by atoms with van der Waals surface area (Å²) in [5.74, 6) is 0.400. The first-order valence-electron chi connectivity index (χ1n) is 5.18. The fourth-order valence-corrected chi connectivity index (χ4v) is 1.68. The smallest absolute Gasteiger partial charge is 0.229 e. The quantitative estimate of drug-likeness (QED) is 0.860. The number of rotatable bonds is 4. The van der Waals surface area contributed by atoms with E-state index in [1.54, 1.807) is 0 Å². The Morgan fingerprint density at radius 3 is 2.53 bits per heavy atom. The molecule has 0 spiro atoms. The van der Waals surface area contributed by atoms with Crippen LogP contribution in [0.3, 0.4) is 0 Å². The van der Waals surface area contributed by atoms with E-state index in [0.29, 0.717) is 11.0 Å². The van der Waals surface area contributed by atoms with Gasteiger partial charge in [-0.15, -0.1) is 10.2 Å². The molecule has 0 unspecified atom stereocenters. The van der Waals surface area contributed by atoms with Crippen molar-refractivity contribution in [2.75, 3.05) is 5.32 Å². The van der Waals surface area contributed by atoms with E-state index in [1.165, 1.54) is 11.3 Å². The number of carbonyl (C=O) groups is 1. The van der Waals surface area contributed by atoms with Gasteiger partial charge in [0.2, 0.25) is 11.0 Å². The minimum atomic E-state index is 0.0176. The molecule has 0 aliphatic rings. The van der Waals surface area contributed by atoms with Gasteiger partial charge in [0, 0.05) is 11.8 Å². The Bertz CT molecular complexity index is 335. The van der Waals surface area contributed by atoms with Crippen LogP contribution < -0.4 is 5.32 Å². The van der Waals surface area contributed by atoms with Crippen molar-refractivity contribution in [1.82, 2.24) is 10.2 Å². The molecule has 0 radical (unpaired) electrons. The molecule has 1 amide bonds. The Hall–Kier alpha value is -0.970. The third kappa shape index (κ3) is 3.27. The maximum Gasteiger partial charge on any atom is 0.229 e. The molecule has 0 aliphatic heterocycles. The third-order valence-electron chi connectivity index (χ3n) is 2.22. The zero-order valence-electron chi connectivity index (χ0n) is 9.57. The first-order valence-corrected chi connectivity index (χ1v) is 6.00. The van der Waals surface area contributed by atoms with Crippen molar-refractivity contribution in [3.05, 3.63) is 5.01 Å². The normalized spacial score (nSPS) is 12.9. The average molecular weight is 227 g/mol. The van der Waals surface area contributed by atoms with Crippen molar-refractivity contribution >= 4 is 22.4 Å². The Morgan fingerprint density at radius 2 is 2.07 bits per heavy atom. The van der Waals surface area contributed by atoms with E-state index in [1.807, 2.05) is 13.8 Å². The summed E-state index contributed by atoms with van der Waals surface area (Å²) < 4.78 is 0. The zero-order valence-corrected chi connectivity index (χ0v) is 10.4. The lowest BCUT2D eigenvalue weighted by Crippen LogP contribution is -2.19. The molecule has 15 heavy (non-hydrogen) atoms. The lowest BCUT2D eigenvalue weighted by atomic mass is 10.1. The van der Waals surface area contributed by atoms with Gasteiger partial charge >= 0.3 is 0 Å². The standard InChI is InChI=1S/C10H17N3OS/c1-5-7(4)8(14)11-10-13-12-9(15-10)6(2)3/h6-7H,5H2,1-4H3,(H,11,13,14)/t7-/m1/s1. The highest BCUT2D eigenvalue weighted by Crippen LogP contribution is 2.22. The van der Waals surface area contributed by atoms with Crippen LogP contribution in [0.4, 0.5) is 5.13 Å². The molecule has 1 aromatic rings. The Morgan fingerprint density at radius 1 is 1.40 bits per heavy atom. The van der Waals surface area contributed by atoms with Crippen molar-refractivity contribution in [3.8, 4) is 0 Å². The van der Waals surface area contributed by atoms with Crippen molar-refractivity contribution in [2.24, 2.45) is 5.92 Å². The van der Waals surface area contributed by atoms with Gasteiger partial charge in [-0.3, -0.25) is 4.79 Å². The summed E-state index contributed by atoms with van der Waals surface area (Å²) in [5, 5.41) is 12.3. The van der Waals surface area contributed by atoms with Gasteiger partial charge < -0.3 is 5.32 Å². The van der Waals surface area contributed by atoms with E-state index in [-0.39, 0.29) is 11.8 Å². The van der Waals surface area contributed by atoms with Crippen LogP contribution in [0, 0.1) is 5.92 Å². The van der Waals surface area contributed by atoms with Gasteiger partial charge in [0.15, 0.2) is 0 Å². The van der Waals surface area contributed by atoms with Crippen molar-refractivity contribution in [1.29, 1.82) is 0 Å². The summed E-state index contributed by atoms with van der Waals surface area (Å²) in [7, 11) is 0. The number of carbonyl (C=O) groups excluding carboxylic acids is 1. The second-order valence-electron chi connectivity index (χ2n) is 3.90. The predicted molar refractivity (Wildman–Crippen MR) is 62.1 cm³/mol. The molecule has 4 nitrogen and oxygen atoms in total. The maximum absolute atomic E-state index is 11.6. The number of nitrogens with one attached hydrogen (secondary N) is 1. The molecule has 0 aliphatic carbocycles. The minimum Gasteiger partial charge on any atom is -0.300 e. The highest BCUT2D eigenvalue weighted by atomic mass is 32.1. The zero-order chi connectivity index (χ0) is 11.4. The molecule has 0 saturated heterocycles. The number of anilines is 1. The van der Waals surface area contributed by atoms with Gasteiger partial charge in [0.25, 0.3) is 0 Å². The van der Waals surface area contributed by atoms with Crippen LogP contribution in [0.25, 0.3) is 0 Å². The average Bonchev–Trinajstić information content (AvgIpc) is 2.65. The predicted octanol–water partition coefficient (Wildman–Crippen LogP) is 2.65. The summed E-state index contributed by atoms with van der Waals surface area (Å²) >= 11 is 1.44. The number of aromatic nitrogens is 2. The van der Waals surface area contributed by atoms with E-state index < -0.39 is 0 Å². The largest absolute Gasteiger partial charge is 0.300 e. The molecule has 84 valence electrons. The van der Waals surface area contributed by atoms with E-state index in [9.17, 15) is 4.79 Å². The second kappa shape index (κ2) is 5.21. The molecule has 0 fully saturated rings. The monoisotopic (exact) mass is 227 g/mol. The van der Waals surface area contributed by atoms with Crippen LogP contribution in [0.5, 0.6) is 0 Å². The van der Waals surface area contributed by atoms with Crippen LogP contribution in [0.15, 0.2) is 0 Å². The Balaban J connectivity index is 2.61. The van der Waals surface area contributed by atoms with E-state index in [4.69, 9.17) is 0 Å². The van der Waals surface area contributed by atoms with Gasteiger partial charge in [0.05, 0.1) is 0 Å². The van der Waals surface area contributed by atoms with E-state index in [0.717, 1.165) is 11.4 Å². The van der Waals surface area contributed by atoms with Crippen LogP contribution in [-0.2, 0) is 4.79 Å². The van der Waals surface area contributed by atoms with Crippen LogP contribution >= 0.6 is 11.3 Å². The number of hydrogen-bond donors (Lipinski definition) is 1. The first kappa shape index (κ1) is 12.1. The number of nitrogens with zero attached hydrogens (tertiary/aromatic N) is 2. The molecule has 1 atom stereocenters. The van der Waals surface area contributed by atoms with Gasteiger partial charge in [-0.2, -0.15) is 0 Å². The fourth-order valence-electron chi connectivity index (χ4n) is 0.932. The van der Waals surface area contributed by atoms with Crippen molar-refractivity contribution < 1.29 is 4.79 Å². The summed E-state index contributed by atoms with van der Waals surface area (Å²) in [5.41, 5.74) is 0. The summed E-state index contributed by atoms with van der Waals surface area (Å²) in [6, 6.07) is 0. The topological polar surface area (TPSA) is 54.9 Å². The van der Waals surface area contributed by atoms with Crippen LogP contribution in [0.1, 0.15) is 45.0 Å². The molecule has 1 heterocycles. The van der Waals surface area contributed by atoms with Gasteiger partial charge in [-0.1, -0.05) is 39.0 Å². The highest BCUT2D eigenvalue weighted by Gasteiger charge is 2.14. The van der Waals surface area contributed by atoms with Crippen LogP contribution in [-0.4, -0.2) is 16.1 Å².